The monoisotopic (exact) mass is 417 g/mol. The molecular formula is C18H16ClN5O3S. The number of halogens is 1. The Morgan fingerprint density at radius 3 is 2.64 bits per heavy atom. The van der Waals surface area contributed by atoms with Crippen molar-refractivity contribution in [2.75, 3.05) is 14.1 Å². The van der Waals surface area contributed by atoms with E-state index < -0.39 is 10.3 Å². The summed E-state index contributed by atoms with van der Waals surface area (Å²) in [5.41, 5.74) is 2.72. The largest absolute Gasteiger partial charge is 0.384 e. The van der Waals surface area contributed by atoms with E-state index in [0.717, 1.165) is 9.87 Å². The lowest BCUT2D eigenvalue weighted by Crippen LogP contribution is -2.27. The molecule has 8 nitrogen and oxygen atoms in total. The smallest absolute Gasteiger partial charge is 0.369 e. The van der Waals surface area contributed by atoms with Gasteiger partial charge in [0.1, 0.15) is 12.7 Å². The number of rotatable bonds is 6. The first-order chi connectivity index (χ1) is 13.3. The molecule has 3 aromatic rings. The van der Waals surface area contributed by atoms with Crippen LogP contribution < -0.4 is 4.18 Å². The lowest BCUT2D eigenvalue weighted by atomic mass is 9.97. The number of nitriles is 1. The third-order valence-electron chi connectivity index (χ3n) is 3.90. The SMILES string of the molecule is CN(C)S(=O)(=O)Oc1ccc(-c2cc(Cn3cncn3)ccc2C#N)cc1Cl. The van der Waals surface area contributed by atoms with Gasteiger partial charge in [-0.25, -0.2) is 9.67 Å². The highest BCUT2D eigenvalue weighted by Gasteiger charge is 2.18. The van der Waals surface area contributed by atoms with Crippen LogP contribution >= 0.6 is 11.6 Å². The van der Waals surface area contributed by atoms with Crippen LogP contribution in [0.3, 0.4) is 0 Å². The summed E-state index contributed by atoms with van der Waals surface area (Å²) in [4.78, 5) is 3.91. The van der Waals surface area contributed by atoms with Crippen LogP contribution in [-0.2, 0) is 16.8 Å². The Morgan fingerprint density at radius 2 is 2.04 bits per heavy atom. The maximum absolute atomic E-state index is 11.9. The molecule has 0 atom stereocenters. The minimum absolute atomic E-state index is 0.0106. The second kappa shape index (κ2) is 7.98. The van der Waals surface area contributed by atoms with E-state index in [1.807, 2.05) is 12.1 Å². The fourth-order valence-electron chi connectivity index (χ4n) is 2.45. The first kappa shape index (κ1) is 19.8. The van der Waals surface area contributed by atoms with E-state index in [9.17, 15) is 13.7 Å². The first-order valence-corrected chi connectivity index (χ1v) is 9.82. The fraction of sp³-hybridized carbons (Fsp3) is 0.167. The van der Waals surface area contributed by atoms with Gasteiger partial charge in [-0.1, -0.05) is 23.7 Å². The summed E-state index contributed by atoms with van der Waals surface area (Å²) in [6.45, 7) is 0.495. The Hall–Kier alpha value is -2.93. The molecule has 0 fully saturated rings. The Bertz CT molecular complexity index is 1140. The van der Waals surface area contributed by atoms with Crippen molar-refractivity contribution in [3.8, 4) is 22.9 Å². The maximum atomic E-state index is 11.9. The van der Waals surface area contributed by atoms with Gasteiger partial charge in [0.2, 0.25) is 0 Å². The van der Waals surface area contributed by atoms with Crippen molar-refractivity contribution in [2.45, 2.75) is 6.54 Å². The quantitative estimate of drug-likeness (QED) is 0.611. The molecule has 0 amide bonds. The van der Waals surface area contributed by atoms with E-state index in [-0.39, 0.29) is 10.8 Å². The zero-order valence-corrected chi connectivity index (χ0v) is 16.6. The van der Waals surface area contributed by atoms with Crippen LogP contribution in [0.1, 0.15) is 11.1 Å². The molecule has 0 spiro atoms. The van der Waals surface area contributed by atoms with Crippen LogP contribution in [0.4, 0.5) is 0 Å². The molecule has 1 heterocycles. The van der Waals surface area contributed by atoms with Gasteiger partial charge in [-0.05, 0) is 41.0 Å². The van der Waals surface area contributed by atoms with Crippen molar-refractivity contribution < 1.29 is 12.6 Å². The molecule has 0 saturated carbocycles. The van der Waals surface area contributed by atoms with Crippen molar-refractivity contribution in [1.29, 1.82) is 5.26 Å². The molecule has 1 aromatic heterocycles. The van der Waals surface area contributed by atoms with Gasteiger partial charge in [-0.2, -0.15) is 23.1 Å². The predicted molar refractivity (Wildman–Crippen MR) is 104 cm³/mol. The summed E-state index contributed by atoms with van der Waals surface area (Å²) in [5.74, 6) is 0.0106. The van der Waals surface area contributed by atoms with Crippen molar-refractivity contribution in [2.24, 2.45) is 0 Å². The van der Waals surface area contributed by atoms with Crippen LogP contribution in [0.2, 0.25) is 5.02 Å². The topological polar surface area (TPSA) is 101 Å². The van der Waals surface area contributed by atoms with Gasteiger partial charge in [-0.15, -0.1) is 0 Å². The van der Waals surface area contributed by atoms with E-state index in [2.05, 4.69) is 16.2 Å². The van der Waals surface area contributed by atoms with Crippen LogP contribution in [0.25, 0.3) is 11.1 Å². The summed E-state index contributed by atoms with van der Waals surface area (Å²) in [5, 5.41) is 13.6. The molecule has 0 aliphatic rings. The molecule has 0 aliphatic carbocycles. The van der Waals surface area contributed by atoms with Crippen molar-refractivity contribution in [3.05, 3.63) is 65.2 Å². The van der Waals surface area contributed by atoms with Gasteiger partial charge < -0.3 is 4.18 Å². The standard InChI is InChI=1S/C18H16ClN5O3S/c1-23(2)28(25,26)27-18-6-5-14(8-17(18)19)16-7-13(3-4-15(16)9-20)10-24-12-21-11-22-24/h3-8,11-12H,10H2,1-2H3. The summed E-state index contributed by atoms with van der Waals surface area (Å²) in [6.07, 6.45) is 3.05. The average Bonchev–Trinajstić information content (AvgIpc) is 3.16. The highest BCUT2D eigenvalue weighted by Crippen LogP contribution is 2.33. The molecule has 3 rings (SSSR count). The van der Waals surface area contributed by atoms with E-state index >= 15 is 0 Å². The normalized spacial score (nSPS) is 11.4. The Labute approximate surface area is 167 Å². The molecule has 0 saturated heterocycles. The molecule has 2 aromatic carbocycles. The summed E-state index contributed by atoms with van der Waals surface area (Å²) >= 11 is 6.23. The van der Waals surface area contributed by atoms with Gasteiger partial charge in [-0.3, -0.25) is 0 Å². The molecule has 0 N–H and O–H groups in total. The lowest BCUT2D eigenvalue weighted by Gasteiger charge is -2.14. The first-order valence-electron chi connectivity index (χ1n) is 8.07. The van der Waals surface area contributed by atoms with Crippen LogP contribution in [-0.4, -0.2) is 41.6 Å². The Kier molecular flexibility index (Phi) is 5.65. The molecule has 0 aliphatic heterocycles. The van der Waals surface area contributed by atoms with E-state index in [1.54, 1.807) is 29.2 Å². The molecule has 0 bridgehead atoms. The average molecular weight is 418 g/mol. The minimum Gasteiger partial charge on any atom is -0.369 e. The highest BCUT2D eigenvalue weighted by atomic mass is 35.5. The van der Waals surface area contributed by atoms with E-state index in [0.29, 0.717) is 23.2 Å². The van der Waals surface area contributed by atoms with E-state index in [1.165, 1.54) is 26.5 Å². The zero-order valence-electron chi connectivity index (χ0n) is 15.1. The van der Waals surface area contributed by atoms with Gasteiger partial charge in [0.15, 0.2) is 5.75 Å². The molecule has 10 heteroatoms. The van der Waals surface area contributed by atoms with Crippen LogP contribution in [0.5, 0.6) is 5.75 Å². The second-order valence-corrected chi connectivity index (χ2v) is 8.21. The molecule has 144 valence electrons. The van der Waals surface area contributed by atoms with Crippen LogP contribution in [0, 0.1) is 11.3 Å². The van der Waals surface area contributed by atoms with E-state index in [4.69, 9.17) is 15.8 Å². The second-order valence-electron chi connectivity index (χ2n) is 6.05. The minimum atomic E-state index is -3.92. The third kappa shape index (κ3) is 4.31. The lowest BCUT2D eigenvalue weighted by molar-refractivity contribution is 0.421. The summed E-state index contributed by atoms with van der Waals surface area (Å²) in [7, 11) is -1.20. The number of hydrogen-bond acceptors (Lipinski definition) is 6. The number of aromatic nitrogens is 3. The van der Waals surface area contributed by atoms with Crippen molar-refractivity contribution in [1.82, 2.24) is 19.1 Å². The summed E-state index contributed by atoms with van der Waals surface area (Å²) < 4.78 is 31.4. The fourth-order valence-corrected chi connectivity index (χ4v) is 3.24. The highest BCUT2D eigenvalue weighted by molar-refractivity contribution is 7.84. The number of hydrogen-bond donors (Lipinski definition) is 0. The van der Waals surface area contributed by atoms with Gasteiger partial charge in [0.25, 0.3) is 0 Å². The molecule has 28 heavy (non-hydrogen) atoms. The van der Waals surface area contributed by atoms with Gasteiger partial charge in [0.05, 0.1) is 23.2 Å². The maximum Gasteiger partial charge on any atom is 0.384 e. The molecule has 0 unspecified atom stereocenters. The number of benzene rings is 2. The van der Waals surface area contributed by atoms with Crippen molar-refractivity contribution >= 4 is 21.9 Å². The van der Waals surface area contributed by atoms with Gasteiger partial charge >= 0.3 is 10.3 Å². The number of nitrogens with zero attached hydrogens (tertiary/aromatic N) is 5. The van der Waals surface area contributed by atoms with Crippen molar-refractivity contribution in [3.63, 3.8) is 0 Å². The molecular weight excluding hydrogens is 402 g/mol. The summed E-state index contributed by atoms with van der Waals surface area (Å²) in [6, 6.07) is 12.3. The third-order valence-corrected chi connectivity index (χ3v) is 5.48. The predicted octanol–water partition coefficient (Wildman–Crippen LogP) is 2.70. The zero-order chi connectivity index (χ0) is 20.3. The van der Waals surface area contributed by atoms with Gasteiger partial charge in [0, 0.05) is 14.1 Å². The molecule has 0 radical (unpaired) electrons. The van der Waals surface area contributed by atoms with Crippen LogP contribution in [0.15, 0.2) is 49.1 Å². The Balaban J connectivity index is 1.96. The Morgan fingerprint density at radius 1 is 1.25 bits per heavy atom.